The minimum Gasteiger partial charge on any atom is -0.427 e. The lowest BCUT2D eigenvalue weighted by Gasteiger charge is -2.07. The van der Waals surface area contributed by atoms with Crippen LogP contribution in [0.2, 0.25) is 0 Å². The molecule has 0 atom stereocenters. The van der Waals surface area contributed by atoms with E-state index in [1.165, 1.54) is 19.9 Å². The molecule has 1 aromatic carbocycles. The minimum absolute atomic E-state index is 0.267. The second-order valence-corrected chi connectivity index (χ2v) is 3.20. The first-order chi connectivity index (χ1) is 7.51. The lowest BCUT2D eigenvalue weighted by atomic mass is 10.2. The molecule has 0 radical (unpaired) electrons. The van der Waals surface area contributed by atoms with Gasteiger partial charge in [-0.1, -0.05) is 0 Å². The molecule has 0 saturated carbocycles. The number of hydrogen-bond donors (Lipinski definition) is 1. The summed E-state index contributed by atoms with van der Waals surface area (Å²) in [6.07, 6.45) is 0. The van der Waals surface area contributed by atoms with Crippen LogP contribution in [0, 0.1) is 0 Å². The molecule has 0 aliphatic heterocycles. The smallest absolute Gasteiger partial charge is 0.308 e. The van der Waals surface area contributed by atoms with Gasteiger partial charge in [0.15, 0.2) is 0 Å². The van der Waals surface area contributed by atoms with Gasteiger partial charge in [-0.05, 0) is 17.7 Å². The normalized spacial score (nSPS) is 9.69. The van der Waals surface area contributed by atoms with Gasteiger partial charge in [0.2, 0.25) is 0 Å². The molecule has 5 heteroatoms. The Morgan fingerprint density at radius 2 is 1.50 bits per heavy atom. The Kier molecular flexibility index (Phi) is 4.02. The average Bonchev–Trinajstić information content (AvgIpc) is 2.14. The molecule has 86 valence electrons. The van der Waals surface area contributed by atoms with Crippen LogP contribution in [-0.4, -0.2) is 11.9 Å². The quantitative estimate of drug-likeness (QED) is 0.610. The van der Waals surface area contributed by atoms with Crippen LogP contribution >= 0.6 is 0 Å². The van der Waals surface area contributed by atoms with E-state index in [1.54, 1.807) is 12.1 Å². The van der Waals surface area contributed by atoms with Crippen LogP contribution in [0.4, 0.5) is 0 Å². The number of benzene rings is 1. The second kappa shape index (κ2) is 5.27. The van der Waals surface area contributed by atoms with Crippen molar-refractivity contribution in [3.8, 4) is 11.5 Å². The number of esters is 2. The molecule has 5 nitrogen and oxygen atoms in total. The van der Waals surface area contributed by atoms with Crippen LogP contribution in [0.15, 0.2) is 18.2 Å². The van der Waals surface area contributed by atoms with E-state index in [2.05, 4.69) is 0 Å². The first kappa shape index (κ1) is 12.2. The molecule has 0 bridgehead atoms. The van der Waals surface area contributed by atoms with Crippen molar-refractivity contribution in [1.29, 1.82) is 0 Å². The van der Waals surface area contributed by atoms with Crippen molar-refractivity contribution in [3.63, 3.8) is 0 Å². The molecular formula is C11H13NO4. The summed E-state index contributed by atoms with van der Waals surface area (Å²) in [5.41, 5.74) is 6.19. The number of rotatable bonds is 3. The fraction of sp³-hybridized carbons (Fsp3) is 0.273. The summed E-state index contributed by atoms with van der Waals surface area (Å²) in [7, 11) is 0. The van der Waals surface area contributed by atoms with Crippen LogP contribution in [0.5, 0.6) is 11.5 Å². The summed E-state index contributed by atoms with van der Waals surface area (Å²) in [5.74, 6) is -0.260. The zero-order valence-corrected chi connectivity index (χ0v) is 9.15. The third-order valence-corrected chi connectivity index (χ3v) is 1.70. The van der Waals surface area contributed by atoms with Gasteiger partial charge >= 0.3 is 11.9 Å². The van der Waals surface area contributed by atoms with Gasteiger partial charge in [0, 0.05) is 26.5 Å². The maximum absolute atomic E-state index is 10.8. The Bertz CT molecular complexity index is 380. The Morgan fingerprint density at radius 1 is 1.06 bits per heavy atom. The maximum Gasteiger partial charge on any atom is 0.308 e. The summed E-state index contributed by atoms with van der Waals surface area (Å²) >= 11 is 0. The molecule has 0 heterocycles. The summed E-state index contributed by atoms with van der Waals surface area (Å²) in [5, 5.41) is 0. The van der Waals surface area contributed by atoms with Crippen LogP contribution in [-0.2, 0) is 16.1 Å². The molecule has 0 spiro atoms. The third-order valence-electron chi connectivity index (χ3n) is 1.70. The predicted octanol–water partition coefficient (Wildman–Crippen LogP) is 0.996. The number of hydrogen-bond acceptors (Lipinski definition) is 5. The van der Waals surface area contributed by atoms with Crippen molar-refractivity contribution in [2.45, 2.75) is 20.4 Å². The van der Waals surface area contributed by atoms with Crippen LogP contribution in [0.3, 0.4) is 0 Å². The van der Waals surface area contributed by atoms with Crippen molar-refractivity contribution >= 4 is 11.9 Å². The van der Waals surface area contributed by atoms with E-state index in [9.17, 15) is 9.59 Å². The number of carbonyl (C=O) groups excluding carboxylic acids is 2. The molecule has 0 aliphatic carbocycles. The van der Waals surface area contributed by atoms with Gasteiger partial charge in [0.05, 0.1) is 0 Å². The molecule has 0 amide bonds. The second-order valence-electron chi connectivity index (χ2n) is 3.20. The molecule has 0 aromatic heterocycles. The Morgan fingerprint density at radius 3 is 1.81 bits per heavy atom. The van der Waals surface area contributed by atoms with Crippen molar-refractivity contribution in [2.24, 2.45) is 5.73 Å². The lowest BCUT2D eigenvalue weighted by Crippen LogP contribution is -2.06. The zero-order valence-electron chi connectivity index (χ0n) is 9.15. The van der Waals surface area contributed by atoms with Gasteiger partial charge in [-0.25, -0.2) is 0 Å². The van der Waals surface area contributed by atoms with E-state index in [-0.39, 0.29) is 6.54 Å². The predicted molar refractivity (Wildman–Crippen MR) is 57.0 cm³/mol. The van der Waals surface area contributed by atoms with E-state index in [1.807, 2.05) is 0 Å². The van der Waals surface area contributed by atoms with Crippen molar-refractivity contribution < 1.29 is 19.1 Å². The number of carbonyl (C=O) groups is 2. The fourth-order valence-electron chi connectivity index (χ4n) is 1.20. The van der Waals surface area contributed by atoms with Crippen LogP contribution < -0.4 is 15.2 Å². The molecule has 0 saturated heterocycles. The highest BCUT2D eigenvalue weighted by Crippen LogP contribution is 2.23. The number of ether oxygens (including phenoxy) is 2. The van der Waals surface area contributed by atoms with E-state index in [4.69, 9.17) is 15.2 Å². The first-order valence-electron chi connectivity index (χ1n) is 4.72. The lowest BCUT2D eigenvalue weighted by molar-refractivity contribution is -0.132. The summed E-state index contributed by atoms with van der Waals surface area (Å²) in [6, 6.07) is 4.70. The van der Waals surface area contributed by atoms with Crippen molar-refractivity contribution in [2.75, 3.05) is 0 Å². The topological polar surface area (TPSA) is 78.6 Å². The van der Waals surface area contributed by atoms with E-state index >= 15 is 0 Å². The van der Waals surface area contributed by atoms with E-state index in [0.29, 0.717) is 11.5 Å². The highest BCUT2D eigenvalue weighted by atomic mass is 16.5. The minimum atomic E-state index is -0.442. The van der Waals surface area contributed by atoms with Gasteiger partial charge in [-0.15, -0.1) is 0 Å². The van der Waals surface area contributed by atoms with Gasteiger partial charge in [-0.3, -0.25) is 9.59 Å². The van der Waals surface area contributed by atoms with Crippen molar-refractivity contribution in [1.82, 2.24) is 0 Å². The van der Waals surface area contributed by atoms with Crippen LogP contribution in [0.1, 0.15) is 19.4 Å². The molecular weight excluding hydrogens is 210 g/mol. The van der Waals surface area contributed by atoms with Gasteiger partial charge in [0.25, 0.3) is 0 Å². The molecule has 16 heavy (non-hydrogen) atoms. The average molecular weight is 223 g/mol. The third kappa shape index (κ3) is 3.70. The number of nitrogens with two attached hydrogens (primary N) is 1. The van der Waals surface area contributed by atoms with E-state index < -0.39 is 11.9 Å². The highest BCUT2D eigenvalue weighted by Gasteiger charge is 2.06. The summed E-state index contributed by atoms with van der Waals surface area (Å²) in [4.78, 5) is 21.6. The molecule has 0 unspecified atom stereocenters. The van der Waals surface area contributed by atoms with Crippen LogP contribution in [0.25, 0.3) is 0 Å². The van der Waals surface area contributed by atoms with Gasteiger partial charge < -0.3 is 15.2 Å². The van der Waals surface area contributed by atoms with Crippen molar-refractivity contribution in [3.05, 3.63) is 23.8 Å². The Labute approximate surface area is 93.1 Å². The first-order valence-corrected chi connectivity index (χ1v) is 4.72. The SMILES string of the molecule is CC(=O)Oc1cc(CN)cc(OC(C)=O)c1. The standard InChI is InChI=1S/C11H13NO4/c1-7(13)15-10-3-9(6-12)4-11(5-10)16-8(2)14/h3-5H,6,12H2,1-2H3. The zero-order chi connectivity index (χ0) is 12.1. The van der Waals surface area contributed by atoms with E-state index in [0.717, 1.165) is 5.56 Å². The fourth-order valence-corrected chi connectivity index (χ4v) is 1.20. The molecule has 0 aliphatic rings. The summed E-state index contributed by atoms with van der Waals surface area (Å²) in [6.45, 7) is 2.85. The molecule has 0 fully saturated rings. The Balaban J connectivity index is 3.00. The summed E-state index contributed by atoms with van der Waals surface area (Å²) < 4.78 is 9.79. The monoisotopic (exact) mass is 223 g/mol. The highest BCUT2D eigenvalue weighted by molar-refractivity contribution is 5.71. The molecule has 1 rings (SSSR count). The van der Waals surface area contributed by atoms with Gasteiger partial charge in [0.1, 0.15) is 11.5 Å². The largest absolute Gasteiger partial charge is 0.427 e. The molecule has 2 N–H and O–H groups in total. The van der Waals surface area contributed by atoms with Gasteiger partial charge in [-0.2, -0.15) is 0 Å². The maximum atomic E-state index is 10.8. The Hall–Kier alpha value is -1.88. The molecule has 1 aromatic rings.